The number of hydrogen-bond acceptors (Lipinski definition) is 4. The Kier molecular flexibility index (Phi) is 8.19. The molecule has 8 nitrogen and oxygen atoms in total. The van der Waals surface area contributed by atoms with Crippen LogP contribution in [0.2, 0.25) is 5.02 Å². The molecule has 0 fully saturated rings. The van der Waals surface area contributed by atoms with E-state index in [-0.39, 0.29) is 30.2 Å². The first-order valence-corrected chi connectivity index (χ1v) is 12.9. The lowest BCUT2D eigenvalue weighted by Crippen LogP contribution is -2.55. The molecule has 3 atom stereocenters. The molecule has 1 aromatic heterocycles. The maximum absolute atomic E-state index is 14.3. The second-order valence-corrected chi connectivity index (χ2v) is 10.5. The molecule has 2 heterocycles. The zero-order valence-electron chi connectivity index (χ0n) is 21.7. The van der Waals surface area contributed by atoms with Crippen LogP contribution in [0.1, 0.15) is 30.9 Å². The van der Waals surface area contributed by atoms with Gasteiger partial charge in [0.2, 0.25) is 17.7 Å². The van der Waals surface area contributed by atoms with Crippen LogP contribution < -0.4 is 15.5 Å². The van der Waals surface area contributed by atoms with E-state index in [0.717, 1.165) is 40.7 Å². The Balaban J connectivity index is 1.71. The molecular formula is C28H34ClN5O3. The maximum atomic E-state index is 14.3. The third-order valence-electron chi connectivity index (χ3n) is 6.86. The highest BCUT2D eigenvalue weighted by molar-refractivity contribution is 6.30. The normalized spacial score (nSPS) is 16.8. The van der Waals surface area contributed by atoms with Gasteiger partial charge in [-0.3, -0.25) is 14.4 Å². The number of rotatable bonds is 8. The third-order valence-corrected chi connectivity index (χ3v) is 7.10. The van der Waals surface area contributed by atoms with Crippen LogP contribution in [0.15, 0.2) is 48.7 Å². The van der Waals surface area contributed by atoms with Crippen molar-refractivity contribution in [2.75, 3.05) is 38.6 Å². The van der Waals surface area contributed by atoms with Crippen LogP contribution in [0.4, 0.5) is 5.69 Å². The highest BCUT2D eigenvalue weighted by Crippen LogP contribution is 2.35. The lowest BCUT2D eigenvalue weighted by Gasteiger charge is -2.38. The van der Waals surface area contributed by atoms with E-state index < -0.39 is 11.9 Å². The molecule has 1 aliphatic heterocycles. The molecule has 3 N–H and O–H groups in total. The zero-order chi connectivity index (χ0) is 26.7. The molecule has 0 saturated carbocycles. The Morgan fingerprint density at radius 3 is 2.68 bits per heavy atom. The first-order chi connectivity index (χ1) is 17.6. The predicted octanol–water partition coefficient (Wildman–Crippen LogP) is 3.31. The number of para-hydroxylation sites is 1. The first-order valence-electron chi connectivity index (χ1n) is 12.5. The molecule has 2 unspecified atom stereocenters. The fourth-order valence-corrected chi connectivity index (χ4v) is 5.40. The van der Waals surface area contributed by atoms with Crippen LogP contribution in [0.5, 0.6) is 0 Å². The quantitative estimate of drug-likeness (QED) is 0.422. The van der Waals surface area contributed by atoms with E-state index in [9.17, 15) is 14.4 Å². The third kappa shape index (κ3) is 6.14. The summed E-state index contributed by atoms with van der Waals surface area (Å²) < 4.78 is 0. The van der Waals surface area contributed by atoms with Crippen molar-refractivity contribution in [3.05, 3.63) is 64.8 Å². The first kappa shape index (κ1) is 26.7. The average Bonchev–Trinajstić information content (AvgIpc) is 3.28. The van der Waals surface area contributed by atoms with Gasteiger partial charge in [0.15, 0.2) is 0 Å². The van der Waals surface area contributed by atoms with Crippen LogP contribution in [-0.2, 0) is 20.8 Å². The maximum Gasteiger partial charge on any atom is 0.250 e. The Labute approximate surface area is 222 Å². The van der Waals surface area contributed by atoms with Crippen LogP contribution in [0.3, 0.4) is 0 Å². The van der Waals surface area contributed by atoms with Crippen molar-refractivity contribution in [3.8, 4) is 0 Å². The summed E-state index contributed by atoms with van der Waals surface area (Å²) in [4.78, 5) is 45.7. The van der Waals surface area contributed by atoms with Crippen molar-refractivity contribution in [1.29, 1.82) is 0 Å². The predicted molar refractivity (Wildman–Crippen MR) is 147 cm³/mol. The molecule has 0 bridgehead atoms. The van der Waals surface area contributed by atoms with Crippen molar-refractivity contribution in [2.24, 2.45) is 5.92 Å². The Morgan fingerprint density at radius 2 is 1.95 bits per heavy atom. The number of fused-ring (bicyclic) bond motifs is 2. The number of aromatic nitrogens is 1. The topological polar surface area (TPSA) is 97.5 Å². The van der Waals surface area contributed by atoms with Gasteiger partial charge in [-0.2, -0.15) is 0 Å². The van der Waals surface area contributed by atoms with E-state index in [1.807, 2.05) is 63.6 Å². The van der Waals surface area contributed by atoms with Crippen molar-refractivity contribution in [2.45, 2.75) is 32.2 Å². The Morgan fingerprint density at radius 1 is 1.19 bits per heavy atom. The molecule has 37 heavy (non-hydrogen) atoms. The van der Waals surface area contributed by atoms with Crippen LogP contribution >= 0.6 is 11.6 Å². The summed E-state index contributed by atoms with van der Waals surface area (Å²) >= 11 is 6.31. The number of H-pyrrole nitrogens is 1. The smallest absolute Gasteiger partial charge is 0.250 e. The van der Waals surface area contributed by atoms with Crippen molar-refractivity contribution >= 4 is 45.9 Å². The van der Waals surface area contributed by atoms with Crippen molar-refractivity contribution < 1.29 is 14.4 Å². The molecule has 2 aromatic carbocycles. The molecule has 0 spiro atoms. The van der Waals surface area contributed by atoms with Gasteiger partial charge < -0.3 is 25.4 Å². The summed E-state index contributed by atoms with van der Waals surface area (Å²) in [6, 6.07) is 12.6. The number of nitrogens with zero attached hydrogens (tertiary/aromatic N) is 2. The molecule has 0 saturated heterocycles. The lowest BCUT2D eigenvalue weighted by atomic mass is 9.88. The van der Waals surface area contributed by atoms with Gasteiger partial charge in [-0.25, -0.2) is 0 Å². The van der Waals surface area contributed by atoms with Crippen LogP contribution in [-0.4, -0.2) is 67.4 Å². The summed E-state index contributed by atoms with van der Waals surface area (Å²) in [6.45, 7) is 4.44. The number of carbonyl (C=O) groups excluding carboxylic acids is 3. The molecule has 0 aliphatic carbocycles. The van der Waals surface area contributed by atoms with E-state index in [4.69, 9.17) is 11.6 Å². The van der Waals surface area contributed by atoms with E-state index in [1.54, 1.807) is 11.0 Å². The van der Waals surface area contributed by atoms with Gasteiger partial charge in [-0.1, -0.05) is 36.7 Å². The average molecular weight is 524 g/mol. The molecular weight excluding hydrogens is 490 g/mol. The minimum atomic E-state index is -0.845. The van der Waals surface area contributed by atoms with Gasteiger partial charge in [-0.15, -0.1) is 0 Å². The number of halogens is 1. The minimum absolute atomic E-state index is 0.194. The highest BCUT2D eigenvalue weighted by Gasteiger charge is 2.37. The van der Waals surface area contributed by atoms with Gasteiger partial charge in [-0.05, 0) is 61.8 Å². The fraction of sp³-hybridized carbons (Fsp3) is 0.393. The second-order valence-electron chi connectivity index (χ2n) is 10.1. The summed E-state index contributed by atoms with van der Waals surface area (Å²) in [7, 11) is 4.04. The molecule has 0 radical (unpaired) electrons. The summed E-state index contributed by atoms with van der Waals surface area (Å²) in [5.41, 5.74) is 3.73. The standard InChI is InChI=1S/C28H34ClN5O3/c1-17(23-13-31-24-8-6-5-7-22(23)24)27(32-26(36)14-30-18(2)35)28(37)34-16-19(15-33(3)4)11-20-12-21(29)9-10-25(20)34/h5-10,12-13,17,19,27,31H,11,14-16H2,1-4H3,(H,30,35)(H,32,36)/t17?,19-,27?/m1/s1. The minimum Gasteiger partial charge on any atom is -0.361 e. The molecule has 9 heteroatoms. The largest absolute Gasteiger partial charge is 0.361 e. The van der Waals surface area contributed by atoms with Crippen molar-refractivity contribution in [1.82, 2.24) is 20.5 Å². The van der Waals surface area contributed by atoms with E-state index in [0.29, 0.717) is 11.6 Å². The number of aromatic amines is 1. The number of hydrogen-bond donors (Lipinski definition) is 3. The summed E-state index contributed by atoms with van der Waals surface area (Å²) in [5.74, 6) is -1.05. The van der Waals surface area contributed by atoms with Gasteiger partial charge in [0.05, 0.1) is 6.54 Å². The Hall–Kier alpha value is -3.36. The number of amides is 3. The zero-order valence-corrected chi connectivity index (χ0v) is 22.4. The van der Waals surface area contributed by atoms with E-state index in [1.165, 1.54) is 6.92 Å². The second kappa shape index (κ2) is 11.4. The fourth-order valence-electron chi connectivity index (χ4n) is 5.21. The van der Waals surface area contributed by atoms with Gasteiger partial charge in [0, 0.05) is 53.7 Å². The molecule has 1 aliphatic rings. The monoisotopic (exact) mass is 523 g/mol. The van der Waals surface area contributed by atoms with E-state index in [2.05, 4.69) is 20.5 Å². The van der Waals surface area contributed by atoms with Crippen LogP contribution in [0.25, 0.3) is 10.9 Å². The molecule has 196 valence electrons. The number of nitrogens with one attached hydrogen (secondary N) is 3. The molecule has 4 rings (SSSR count). The Bertz CT molecular complexity index is 1300. The molecule has 3 aromatic rings. The number of carbonyl (C=O) groups is 3. The highest BCUT2D eigenvalue weighted by atomic mass is 35.5. The van der Waals surface area contributed by atoms with Gasteiger partial charge >= 0.3 is 0 Å². The SMILES string of the molecule is CC(=O)NCC(=O)NC(C(=O)N1C[C@@H](CN(C)C)Cc2cc(Cl)ccc21)C(C)c1c[nH]c2ccccc12. The summed E-state index contributed by atoms with van der Waals surface area (Å²) in [5, 5.41) is 7.07. The van der Waals surface area contributed by atoms with Crippen molar-refractivity contribution in [3.63, 3.8) is 0 Å². The number of benzene rings is 2. The lowest BCUT2D eigenvalue weighted by molar-refractivity contribution is -0.128. The molecule has 3 amide bonds. The summed E-state index contributed by atoms with van der Waals surface area (Å²) in [6.07, 6.45) is 2.71. The van der Waals surface area contributed by atoms with E-state index >= 15 is 0 Å². The van der Waals surface area contributed by atoms with Gasteiger partial charge in [0.1, 0.15) is 6.04 Å². The number of anilines is 1. The van der Waals surface area contributed by atoms with Crippen LogP contribution in [0, 0.1) is 5.92 Å². The van der Waals surface area contributed by atoms with Gasteiger partial charge in [0.25, 0.3) is 0 Å².